The smallest absolute Gasteiger partial charge is 0.387 e. The molecule has 6 heteroatoms. The van der Waals surface area contributed by atoms with E-state index in [0.29, 0.717) is 23.3 Å². The highest BCUT2D eigenvalue weighted by Crippen LogP contribution is 2.30. The van der Waals surface area contributed by atoms with E-state index in [1.54, 1.807) is 16.8 Å². The largest absolute Gasteiger partial charge is 0.433 e. The summed E-state index contributed by atoms with van der Waals surface area (Å²) in [5.41, 5.74) is 6.18. The predicted molar refractivity (Wildman–Crippen MR) is 56.5 cm³/mol. The Hall–Kier alpha value is -1.85. The molecule has 1 aromatic heterocycles. The first-order valence-corrected chi connectivity index (χ1v) is 4.83. The van der Waals surface area contributed by atoms with Crippen molar-refractivity contribution in [3.63, 3.8) is 0 Å². The van der Waals surface area contributed by atoms with Crippen molar-refractivity contribution in [3.8, 4) is 5.75 Å². The number of fused-ring (bicyclic) bond motifs is 1. The molecule has 86 valence electrons. The van der Waals surface area contributed by atoms with Gasteiger partial charge in [0.05, 0.1) is 0 Å². The Morgan fingerprint density at radius 2 is 2.25 bits per heavy atom. The molecule has 16 heavy (non-hydrogen) atoms. The summed E-state index contributed by atoms with van der Waals surface area (Å²) < 4.78 is 30.4. The summed E-state index contributed by atoms with van der Waals surface area (Å²) in [4.78, 5) is 0. The van der Waals surface area contributed by atoms with Crippen LogP contribution in [-0.2, 0) is 6.54 Å². The van der Waals surface area contributed by atoms with Crippen LogP contribution < -0.4 is 10.5 Å². The van der Waals surface area contributed by atoms with Gasteiger partial charge in [0.2, 0.25) is 0 Å². The van der Waals surface area contributed by atoms with Crippen LogP contribution in [0.4, 0.5) is 14.6 Å². The van der Waals surface area contributed by atoms with Gasteiger partial charge in [0.25, 0.3) is 0 Å². The molecule has 0 spiro atoms. The first-order chi connectivity index (χ1) is 7.63. The molecule has 0 atom stereocenters. The molecule has 0 amide bonds. The SMILES string of the molecule is CCn1nc(N)c2cccc(OC(F)F)c21. The Morgan fingerprint density at radius 1 is 1.50 bits per heavy atom. The quantitative estimate of drug-likeness (QED) is 0.874. The van der Waals surface area contributed by atoms with Crippen LogP contribution in [-0.4, -0.2) is 16.4 Å². The van der Waals surface area contributed by atoms with Gasteiger partial charge in [-0.25, -0.2) is 0 Å². The van der Waals surface area contributed by atoms with E-state index < -0.39 is 6.61 Å². The number of nitrogens with two attached hydrogens (primary N) is 1. The molecule has 0 radical (unpaired) electrons. The maximum absolute atomic E-state index is 12.2. The van der Waals surface area contributed by atoms with Gasteiger partial charge in [0.15, 0.2) is 11.6 Å². The molecule has 0 saturated heterocycles. The van der Waals surface area contributed by atoms with Crippen LogP contribution in [0.1, 0.15) is 6.92 Å². The second kappa shape index (κ2) is 3.96. The van der Waals surface area contributed by atoms with Crippen LogP contribution in [0.2, 0.25) is 0 Å². The van der Waals surface area contributed by atoms with Crippen LogP contribution in [0.15, 0.2) is 18.2 Å². The lowest BCUT2D eigenvalue weighted by molar-refractivity contribution is -0.0490. The Labute approximate surface area is 90.6 Å². The van der Waals surface area contributed by atoms with Crippen LogP contribution in [0.5, 0.6) is 5.75 Å². The standard InChI is InChI=1S/C10H11F2N3O/c1-2-15-8-6(9(13)14-15)4-3-5-7(8)16-10(11)12/h3-5,10H,2H2,1H3,(H2,13,14). The van der Waals surface area contributed by atoms with E-state index >= 15 is 0 Å². The second-order valence-corrected chi connectivity index (χ2v) is 3.23. The van der Waals surface area contributed by atoms with Crippen molar-refractivity contribution >= 4 is 16.7 Å². The van der Waals surface area contributed by atoms with E-state index in [4.69, 9.17) is 5.73 Å². The van der Waals surface area contributed by atoms with Gasteiger partial charge in [-0.1, -0.05) is 6.07 Å². The minimum Gasteiger partial charge on any atom is -0.433 e. The third-order valence-corrected chi connectivity index (χ3v) is 2.28. The van der Waals surface area contributed by atoms with Gasteiger partial charge in [0.1, 0.15) is 5.52 Å². The molecule has 1 aromatic carbocycles. The molecular weight excluding hydrogens is 216 g/mol. The van der Waals surface area contributed by atoms with Crippen molar-refractivity contribution in [2.45, 2.75) is 20.1 Å². The first kappa shape index (κ1) is 10.7. The molecular formula is C10H11F2N3O. The molecule has 0 bridgehead atoms. The zero-order valence-electron chi connectivity index (χ0n) is 8.65. The third kappa shape index (κ3) is 1.66. The highest BCUT2D eigenvalue weighted by molar-refractivity contribution is 5.93. The summed E-state index contributed by atoms with van der Waals surface area (Å²) in [6.07, 6.45) is 0. The van der Waals surface area contributed by atoms with Gasteiger partial charge in [-0.05, 0) is 19.1 Å². The zero-order chi connectivity index (χ0) is 11.7. The number of para-hydroxylation sites is 1. The number of ether oxygens (including phenoxy) is 1. The fourth-order valence-corrected chi connectivity index (χ4v) is 1.65. The van der Waals surface area contributed by atoms with Gasteiger partial charge in [-0.3, -0.25) is 4.68 Å². The van der Waals surface area contributed by atoms with E-state index in [9.17, 15) is 8.78 Å². The van der Waals surface area contributed by atoms with E-state index in [1.807, 2.05) is 6.92 Å². The number of nitrogens with zero attached hydrogens (tertiary/aromatic N) is 2. The first-order valence-electron chi connectivity index (χ1n) is 4.83. The van der Waals surface area contributed by atoms with E-state index in [1.165, 1.54) is 6.07 Å². The number of alkyl halides is 2. The third-order valence-electron chi connectivity index (χ3n) is 2.28. The van der Waals surface area contributed by atoms with Crippen LogP contribution in [0.3, 0.4) is 0 Å². The minimum absolute atomic E-state index is 0.0959. The lowest BCUT2D eigenvalue weighted by Crippen LogP contribution is -2.04. The van der Waals surface area contributed by atoms with Crippen LogP contribution in [0, 0.1) is 0 Å². The summed E-state index contributed by atoms with van der Waals surface area (Å²) in [6, 6.07) is 4.81. The topological polar surface area (TPSA) is 53.1 Å². The number of hydrogen-bond acceptors (Lipinski definition) is 3. The highest BCUT2D eigenvalue weighted by Gasteiger charge is 2.14. The average Bonchev–Trinajstić information content (AvgIpc) is 2.56. The van der Waals surface area contributed by atoms with E-state index in [2.05, 4.69) is 9.84 Å². The Balaban J connectivity index is 2.64. The van der Waals surface area contributed by atoms with E-state index in [-0.39, 0.29) is 5.75 Å². The second-order valence-electron chi connectivity index (χ2n) is 3.23. The van der Waals surface area contributed by atoms with Crippen molar-refractivity contribution < 1.29 is 13.5 Å². The molecule has 0 aliphatic heterocycles. The number of anilines is 1. The number of aromatic nitrogens is 2. The molecule has 2 rings (SSSR count). The molecule has 0 aliphatic carbocycles. The van der Waals surface area contributed by atoms with Gasteiger partial charge in [-0.15, -0.1) is 0 Å². The Morgan fingerprint density at radius 3 is 2.88 bits per heavy atom. The number of hydrogen-bond donors (Lipinski definition) is 1. The van der Waals surface area contributed by atoms with Gasteiger partial charge >= 0.3 is 6.61 Å². The monoisotopic (exact) mass is 227 g/mol. The lowest BCUT2D eigenvalue weighted by Gasteiger charge is -2.07. The number of rotatable bonds is 3. The summed E-state index contributed by atoms with van der Waals surface area (Å²) in [6.45, 7) is -0.463. The fourth-order valence-electron chi connectivity index (χ4n) is 1.65. The normalized spacial score (nSPS) is 11.2. The molecule has 0 saturated carbocycles. The molecule has 0 fully saturated rings. The predicted octanol–water partition coefficient (Wildman–Crippen LogP) is 2.24. The number of aryl methyl sites for hydroxylation is 1. The fraction of sp³-hybridized carbons (Fsp3) is 0.300. The maximum Gasteiger partial charge on any atom is 0.387 e. The summed E-state index contributed by atoms with van der Waals surface area (Å²) >= 11 is 0. The maximum atomic E-state index is 12.2. The highest BCUT2D eigenvalue weighted by atomic mass is 19.3. The molecule has 4 nitrogen and oxygen atoms in total. The van der Waals surface area contributed by atoms with Crippen molar-refractivity contribution in [2.75, 3.05) is 5.73 Å². The zero-order valence-corrected chi connectivity index (χ0v) is 8.65. The van der Waals surface area contributed by atoms with E-state index in [0.717, 1.165) is 0 Å². The van der Waals surface area contributed by atoms with Crippen LogP contribution in [0.25, 0.3) is 10.9 Å². The summed E-state index contributed by atoms with van der Waals surface area (Å²) in [5, 5.41) is 4.67. The van der Waals surface area contributed by atoms with Gasteiger partial charge < -0.3 is 10.5 Å². The number of benzene rings is 1. The number of nitrogen functional groups attached to an aromatic ring is 1. The van der Waals surface area contributed by atoms with Crippen molar-refractivity contribution in [1.82, 2.24) is 9.78 Å². The minimum atomic E-state index is -2.85. The lowest BCUT2D eigenvalue weighted by atomic mass is 10.2. The Bertz CT molecular complexity index is 510. The molecule has 2 N–H and O–H groups in total. The van der Waals surface area contributed by atoms with Crippen molar-refractivity contribution in [2.24, 2.45) is 0 Å². The number of halogens is 2. The van der Waals surface area contributed by atoms with Crippen LogP contribution >= 0.6 is 0 Å². The van der Waals surface area contributed by atoms with Crippen molar-refractivity contribution in [1.29, 1.82) is 0 Å². The Kier molecular flexibility index (Phi) is 2.64. The van der Waals surface area contributed by atoms with Crippen molar-refractivity contribution in [3.05, 3.63) is 18.2 Å². The van der Waals surface area contributed by atoms with Gasteiger partial charge in [-0.2, -0.15) is 13.9 Å². The summed E-state index contributed by atoms with van der Waals surface area (Å²) in [5.74, 6) is 0.412. The molecule has 1 heterocycles. The molecule has 0 unspecified atom stereocenters. The molecule has 2 aromatic rings. The van der Waals surface area contributed by atoms with Gasteiger partial charge in [0, 0.05) is 11.9 Å². The molecule has 0 aliphatic rings. The summed E-state index contributed by atoms with van der Waals surface area (Å²) in [7, 11) is 0. The average molecular weight is 227 g/mol.